The molecule has 0 unspecified atom stereocenters. The van der Waals surface area contributed by atoms with Crippen molar-refractivity contribution in [2.75, 3.05) is 13.1 Å². The number of carbonyl (C=O) groups is 1. The minimum atomic E-state index is -5.10. The molecule has 7 nitrogen and oxygen atoms in total. The Morgan fingerprint density at radius 2 is 2.06 bits per heavy atom. The van der Waals surface area contributed by atoms with Crippen LogP contribution < -0.4 is 16.4 Å². The molecule has 10 heteroatoms. The summed E-state index contributed by atoms with van der Waals surface area (Å²) in [6.07, 6.45) is -10.2. The fraction of sp³-hybridized carbons (Fsp3) is 0.875. The number of nitrogens with two attached hydrogens (primary N) is 1. The van der Waals surface area contributed by atoms with Gasteiger partial charge in [0.05, 0.1) is 0 Å². The van der Waals surface area contributed by atoms with Gasteiger partial charge in [0.2, 0.25) is 0 Å². The topological polar surface area (TPSA) is 128 Å². The van der Waals surface area contributed by atoms with Gasteiger partial charge in [-0.2, -0.15) is 13.2 Å². The van der Waals surface area contributed by atoms with E-state index in [0.29, 0.717) is 0 Å². The van der Waals surface area contributed by atoms with Crippen LogP contribution in [0.25, 0.3) is 0 Å². The maximum absolute atomic E-state index is 12.0. The number of alkyl halides is 3. The van der Waals surface area contributed by atoms with Crippen molar-refractivity contribution in [2.24, 2.45) is 5.73 Å². The van der Waals surface area contributed by atoms with Crippen LogP contribution in [0, 0.1) is 0 Å². The lowest BCUT2D eigenvalue weighted by atomic mass is 9.87. The van der Waals surface area contributed by atoms with Crippen molar-refractivity contribution in [3.8, 4) is 0 Å². The third kappa shape index (κ3) is 2.90. The Balaban J connectivity index is 2.70. The van der Waals surface area contributed by atoms with Crippen molar-refractivity contribution in [3.05, 3.63) is 0 Å². The molecular weight excluding hydrogens is 259 g/mol. The number of halogens is 3. The summed E-state index contributed by atoms with van der Waals surface area (Å²) in [7, 11) is 0. The van der Waals surface area contributed by atoms with E-state index in [2.05, 4.69) is 5.32 Å². The van der Waals surface area contributed by atoms with Gasteiger partial charge in [-0.25, -0.2) is 0 Å². The zero-order chi connectivity index (χ0) is 14.1. The van der Waals surface area contributed by atoms with Crippen LogP contribution in [-0.2, 0) is 4.79 Å². The van der Waals surface area contributed by atoms with E-state index >= 15 is 0 Å². The van der Waals surface area contributed by atoms with Crippen LogP contribution in [0.5, 0.6) is 0 Å². The van der Waals surface area contributed by atoms with E-state index in [9.17, 15) is 33.3 Å². The predicted octanol–water partition coefficient (Wildman–Crippen LogP) is -2.99. The number of β-amino-alcohol motifs (C(OH)–C–C–N with tert-alkyl or cyclic N) is 1. The molecule has 0 spiro atoms. The SMILES string of the molecule is NC[C@@]1(O)CN[C@H](NC(=O)C(F)(F)F)[C@@H](O)[C@H]1O. The van der Waals surface area contributed by atoms with Gasteiger partial charge < -0.3 is 26.4 Å². The number of aliphatic hydroxyl groups is 3. The average molecular weight is 273 g/mol. The van der Waals surface area contributed by atoms with Crippen molar-refractivity contribution in [1.29, 1.82) is 0 Å². The van der Waals surface area contributed by atoms with E-state index in [1.807, 2.05) is 0 Å². The van der Waals surface area contributed by atoms with E-state index in [-0.39, 0.29) is 6.54 Å². The predicted molar refractivity (Wildman–Crippen MR) is 52.0 cm³/mol. The normalized spacial score (nSPS) is 37.4. The smallest absolute Gasteiger partial charge is 0.387 e. The molecule has 1 aliphatic heterocycles. The minimum Gasteiger partial charge on any atom is -0.387 e. The molecule has 0 aromatic heterocycles. The van der Waals surface area contributed by atoms with Crippen LogP contribution in [0.2, 0.25) is 0 Å². The number of carbonyl (C=O) groups excluding carboxylic acids is 1. The molecule has 1 amide bonds. The summed E-state index contributed by atoms with van der Waals surface area (Å²) in [5.41, 5.74) is 3.32. The van der Waals surface area contributed by atoms with Crippen molar-refractivity contribution in [3.63, 3.8) is 0 Å². The van der Waals surface area contributed by atoms with Crippen LogP contribution in [-0.4, -0.2) is 64.5 Å². The first-order chi connectivity index (χ1) is 8.12. The van der Waals surface area contributed by atoms with Crippen LogP contribution >= 0.6 is 0 Å². The van der Waals surface area contributed by atoms with Gasteiger partial charge in [0.15, 0.2) is 0 Å². The molecule has 4 atom stereocenters. The van der Waals surface area contributed by atoms with Gasteiger partial charge in [-0.15, -0.1) is 0 Å². The van der Waals surface area contributed by atoms with Crippen LogP contribution in [0.4, 0.5) is 13.2 Å². The quantitative estimate of drug-likeness (QED) is 0.318. The second kappa shape index (κ2) is 4.97. The van der Waals surface area contributed by atoms with E-state index in [1.165, 1.54) is 5.32 Å². The van der Waals surface area contributed by atoms with Gasteiger partial charge in [-0.3, -0.25) is 10.1 Å². The summed E-state index contributed by atoms with van der Waals surface area (Å²) in [6.45, 7) is -0.775. The van der Waals surface area contributed by atoms with Crippen molar-refractivity contribution in [2.45, 2.75) is 30.2 Å². The number of aliphatic hydroxyl groups excluding tert-OH is 2. The maximum atomic E-state index is 12.0. The zero-order valence-corrected chi connectivity index (χ0v) is 9.11. The maximum Gasteiger partial charge on any atom is 0.471 e. The van der Waals surface area contributed by atoms with Gasteiger partial charge in [0.1, 0.15) is 24.0 Å². The standard InChI is InChI=1S/C8H14F3N3O4/c9-8(10,11)6(17)14-5-3(15)4(16)7(18,1-12)2-13-5/h3-5,13,15-16,18H,1-2,12H2,(H,14,17)/t3-,4+,5+,7+/m0/s1. The fourth-order valence-corrected chi connectivity index (χ4v) is 1.56. The lowest BCUT2D eigenvalue weighted by Gasteiger charge is -2.43. The van der Waals surface area contributed by atoms with E-state index in [1.54, 1.807) is 0 Å². The number of hydrogen-bond acceptors (Lipinski definition) is 6. The molecule has 0 aromatic carbocycles. The second-order valence-electron chi connectivity index (χ2n) is 4.07. The van der Waals surface area contributed by atoms with Gasteiger partial charge in [0.25, 0.3) is 0 Å². The summed E-state index contributed by atoms with van der Waals surface area (Å²) >= 11 is 0. The first kappa shape index (κ1) is 15.1. The molecule has 0 aromatic rings. The molecule has 1 heterocycles. The molecule has 1 rings (SSSR count). The van der Waals surface area contributed by atoms with Crippen molar-refractivity contribution >= 4 is 5.91 Å². The first-order valence-electron chi connectivity index (χ1n) is 5.01. The highest BCUT2D eigenvalue weighted by molar-refractivity contribution is 5.82. The Morgan fingerprint density at radius 3 is 2.50 bits per heavy atom. The average Bonchev–Trinajstić information content (AvgIpc) is 2.29. The highest BCUT2D eigenvalue weighted by Gasteiger charge is 2.49. The summed E-state index contributed by atoms with van der Waals surface area (Å²) < 4.78 is 36.0. The molecule has 7 N–H and O–H groups in total. The summed E-state index contributed by atoms with van der Waals surface area (Å²) in [4.78, 5) is 10.7. The Bertz CT molecular complexity index is 327. The molecule has 1 aliphatic rings. The summed E-state index contributed by atoms with van der Waals surface area (Å²) in [5, 5.41) is 32.5. The lowest BCUT2D eigenvalue weighted by molar-refractivity contribution is -0.182. The third-order valence-electron chi connectivity index (χ3n) is 2.74. The van der Waals surface area contributed by atoms with Crippen molar-refractivity contribution < 1.29 is 33.3 Å². The van der Waals surface area contributed by atoms with E-state index in [4.69, 9.17) is 5.73 Å². The molecule has 0 aliphatic carbocycles. The number of hydrogen-bond donors (Lipinski definition) is 6. The monoisotopic (exact) mass is 273 g/mol. The minimum absolute atomic E-state index is 0.371. The van der Waals surface area contributed by atoms with Crippen molar-refractivity contribution in [1.82, 2.24) is 10.6 Å². The Labute approximate surface area is 99.8 Å². The second-order valence-corrected chi connectivity index (χ2v) is 4.07. The van der Waals surface area contributed by atoms with Gasteiger partial charge >= 0.3 is 12.1 Å². The highest BCUT2D eigenvalue weighted by atomic mass is 19.4. The fourth-order valence-electron chi connectivity index (χ4n) is 1.56. The van der Waals surface area contributed by atoms with Crippen LogP contribution in [0.3, 0.4) is 0 Å². The molecular formula is C8H14F3N3O4. The van der Waals surface area contributed by atoms with Gasteiger partial charge in [0, 0.05) is 13.1 Å². The Kier molecular flexibility index (Phi) is 4.18. The largest absolute Gasteiger partial charge is 0.471 e. The zero-order valence-electron chi connectivity index (χ0n) is 9.11. The molecule has 0 radical (unpaired) electrons. The number of nitrogens with one attached hydrogen (secondary N) is 2. The number of rotatable bonds is 2. The van der Waals surface area contributed by atoms with Crippen LogP contribution in [0.1, 0.15) is 0 Å². The molecule has 1 saturated heterocycles. The highest BCUT2D eigenvalue weighted by Crippen LogP contribution is 2.20. The first-order valence-corrected chi connectivity index (χ1v) is 5.01. The molecule has 106 valence electrons. The molecule has 18 heavy (non-hydrogen) atoms. The third-order valence-corrected chi connectivity index (χ3v) is 2.74. The molecule has 0 bridgehead atoms. The van der Waals surface area contributed by atoms with Gasteiger partial charge in [-0.05, 0) is 0 Å². The van der Waals surface area contributed by atoms with Crippen LogP contribution in [0.15, 0.2) is 0 Å². The van der Waals surface area contributed by atoms with Gasteiger partial charge in [-0.1, -0.05) is 0 Å². The Hall–Kier alpha value is -0.940. The summed E-state index contributed by atoms with van der Waals surface area (Å²) in [6, 6.07) is 0. The lowest BCUT2D eigenvalue weighted by Crippen LogP contribution is -2.73. The molecule has 0 saturated carbocycles. The van der Waals surface area contributed by atoms with E-state index in [0.717, 1.165) is 0 Å². The molecule has 1 fully saturated rings. The number of amides is 1. The summed E-state index contributed by atoms with van der Waals surface area (Å²) in [5.74, 6) is -2.26. The Morgan fingerprint density at radius 1 is 1.50 bits per heavy atom. The van der Waals surface area contributed by atoms with E-state index < -0.39 is 42.6 Å². The number of piperidine rings is 1.